The van der Waals surface area contributed by atoms with Crippen LogP contribution in [0.2, 0.25) is 0 Å². The maximum Gasteiger partial charge on any atom is 0.331 e. The number of carbonyl (C=O) groups is 1. The van der Waals surface area contributed by atoms with Gasteiger partial charge < -0.3 is 4.90 Å². The van der Waals surface area contributed by atoms with E-state index in [9.17, 15) is 4.79 Å². The van der Waals surface area contributed by atoms with Crippen LogP contribution in [0.1, 0.15) is 39.0 Å². The van der Waals surface area contributed by atoms with Crippen LogP contribution in [-0.4, -0.2) is 42.1 Å². The molecule has 4 heteroatoms. The Morgan fingerprint density at radius 3 is 2.31 bits per heavy atom. The standard InChI is InChI=1S/C12H23N3O/c1-11-5-9-14(10-6-11)12(16)13-15-7-3-2-4-8-15/h11H,2-10H2,1H3,(H,13,16). The highest BCUT2D eigenvalue weighted by Gasteiger charge is 2.22. The average Bonchev–Trinajstić information content (AvgIpc) is 2.31. The van der Waals surface area contributed by atoms with Gasteiger partial charge in [0.05, 0.1) is 0 Å². The molecule has 16 heavy (non-hydrogen) atoms. The van der Waals surface area contributed by atoms with Crippen LogP contribution < -0.4 is 5.43 Å². The molecule has 2 saturated heterocycles. The van der Waals surface area contributed by atoms with Crippen LogP contribution in [-0.2, 0) is 0 Å². The van der Waals surface area contributed by atoms with E-state index >= 15 is 0 Å². The second-order valence-electron chi connectivity index (χ2n) is 5.13. The van der Waals surface area contributed by atoms with Crippen molar-refractivity contribution in [3.8, 4) is 0 Å². The molecule has 0 aliphatic carbocycles. The number of nitrogens with one attached hydrogen (secondary N) is 1. The van der Waals surface area contributed by atoms with Gasteiger partial charge in [-0.1, -0.05) is 13.3 Å². The van der Waals surface area contributed by atoms with E-state index in [1.54, 1.807) is 0 Å². The molecular formula is C12H23N3O. The minimum Gasteiger partial charge on any atom is -0.324 e. The minimum absolute atomic E-state index is 0.105. The van der Waals surface area contributed by atoms with Gasteiger partial charge in [0, 0.05) is 26.2 Å². The van der Waals surface area contributed by atoms with Crippen molar-refractivity contribution in [1.29, 1.82) is 0 Å². The fourth-order valence-electron chi connectivity index (χ4n) is 2.42. The second-order valence-corrected chi connectivity index (χ2v) is 5.13. The summed E-state index contributed by atoms with van der Waals surface area (Å²) in [6, 6.07) is 0.105. The summed E-state index contributed by atoms with van der Waals surface area (Å²) < 4.78 is 0. The summed E-state index contributed by atoms with van der Waals surface area (Å²) in [4.78, 5) is 13.9. The van der Waals surface area contributed by atoms with E-state index in [1.807, 2.05) is 4.90 Å². The van der Waals surface area contributed by atoms with Crippen LogP contribution in [0.25, 0.3) is 0 Å². The third-order valence-electron chi connectivity index (χ3n) is 3.68. The predicted molar refractivity (Wildman–Crippen MR) is 63.9 cm³/mol. The molecule has 0 aromatic heterocycles. The van der Waals surface area contributed by atoms with E-state index in [1.165, 1.54) is 19.3 Å². The smallest absolute Gasteiger partial charge is 0.324 e. The van der Waals surface area contributed by atoms with Crippen molar-refractivity contribution in [2.75, 3.05) is 26.2 Å². The van der Waals surface area contributed by atoms with Crippen LogP contribution >= 0.6 is 0 Å². The Morgan fingerprint density at radius 2 is 1.69 bits per heavy atom. The van der Waals surface area contributed by atoms with Gasteiger partial charge in [0.25, 0.3) is 0 Å². The highest BCUT2D eigenvalue weighted by atomic mass is 16.2. The molecule has 0 atom stereocenters. The first-order valence-corrected chi connectivity index (χ1v) is 6.56. The Balaban J connectivity index is 1.74. The lowest BCUT2D eigenvalue weighted by atomic mass is 10.00. The number of hydrogen-bond donors (Lipinski definition) is 1. The second kappa shape index (κ2) is 5.53. The molecule has 2 rings (SSSR count). The quantitative estimate of drug-likeness (QED) is 0.739. The summed E-state index contributed by atoms with van der Waals surface area (Å²) in [5, 5.41) is 2.07. The number of urea groups is 1. The van der Waals surface area contributed by atoms with Crippen LogP contribution in [0.15, 0.2) is 0 Å². The molecule has 4 nitrogen and oxygen atoms in total. The minimum atomic E-state index is 0.105. The van der Waals surface area contributed by atoms with Crippen LogP contribution in [0.4, 0.5) is 4.79 Å². The Labute approximate surface area is 97.9 Å². The van der Waals surface area contributed by atoms with E-state index in [-0.39, 0.29) is 6.03 Å². The van der Waals surface area contributed by atoms with Gasteiger partial charge in [0.15, 0.2) is 0 Å². The number of amides is 2. The first-order chi connectivity index (χ1) is 7.75. The van der Waals surface area contributed by atoms with E-state index in [0.717, 1.165) is 44.9 Å². The molecule has 2 fully saturated rings. The molecule has 0 unspecified atom stereocenters. The average molecular weight is 225 g/mol. The number of hydrogen-bond acceptors (Lipinski definition) is 2. The molecule has 0 saturated carbocycles. The number of nitrogens with zero attached hydrogens (tertiary/aromatic N) is 2. The fraction of sp³-hybridized carbons (Fsp3) is 0.917. The maximum absolute atomic E-state index is 11.9. The summed E-state index contributed by atoms with van der Waals surface area (Å²) in [5.74, 6) is 0.777. The molecule has 2 aliphatic rings. The van der Waals surface area contributed by atoms with Crippen molar-refractivity contribution >= 4 is 6.03 Å². The summed E-state index contributed by atoms with van der Waals surface area (Å²) in [7, 11) is 0. The number of piperidine rings is 2. The third-order valence-corrected chi connectivity index (χ3v) is 3.68. The van der Waals surface area contributed by atoms with Crippen molar-refractivity contribution in [3.63, 3.8) is 0 Å². The number of likely N-dealkylation sites (tertiary alicyclic amines) is 1. The molecule has 0 aromatic rings. The molecule has 2 amide bonds. The largest absolute Gasteiger partial charge is 0.331 e. The Hall–Kier alpha value is -0.770. The van der Waals surface area contributed by atoms with Gasteiger partial charge in [-0.3, -0.25) is 5.43 Å². The lowest BCUT2D eigenvalue weighted by Gasteiger charge is -2.34. The predicted octanol–water partition coefficient (Wildman–Crippen LogP) is 1.83. The summed E-state index contributed by atoms with van der Waals surface area (Å²) in [6.07, 6.45) is 6.00. The van der Waals surface area contributed by atoms with E-state index in [0.29, 0.717) is 0 Å². The van der Waals surface area contributed by atoms with Gasteiger partial charge in [-0.15, -0.1) is 0 Å². The monoisotopic (exact) mass is 225 g/mol. The lowest BCUT2D eigenvalue weighted by Crippen LogP contribution is -2.52. The summed E-state index contributed by atoms with van der Waals surface area (Å²) in [6.45, 7) is 6.12. The van der Waals surface area contributed by atoms with Crippen LogP contribution in [0.3, 0.4) is 0 Å². The summed E-state index contributed by atoms with van der Waals surface area (Å²) >= 11 is 0. The molecule has 1 N–H and O–H groups in total. The van der Waals surface area contributed by atoms with Gasteiger partial charge in [-0.2, -0.15) is 0 Å². The molecule has 0 radical (unpaired) electrons. The number of carbonyl (C=O) groups excluding carboxylic acids is 1. The summed E-state index contributed by atoms with van der Waals surface area (Å²) in [5.41, 5.74) is 3.02. The Bertz CT molecular complexity index is 230. The topological polar surface area (TPSA) is 35.6 Å². The van der Waals surface area contributed by atoms with Gasteiger partial charge in [-0.25, -0.2) is 9.80 Å². The normalized spacial score (nSPS) is 24.4. The van der Waals surface area contributed by atoms with Crippen molar-refractivity contribution in [2.45, 2.75) is 39.0 Å². The van der Waals surface area contributed by atoms with Gasteiger partial charge in [-0.05, 0) is 31.6 Å². The fourth-order valence-corrected chi connectivity index (χ4v) is 2.42. The van der Waals surface area contributed by atoms with E-state index < -0.39 is 0 Å². The Kier molecular flexibility index (Phi) is 4.04. The van der Waals surface area contributed by atoms with E-state index in [2.05, 4.69) is 17.4 Å². The number of hydrazine groups is 1. The zero-order valence-electron chi connectivity index (χ0n) is 10.2. The SMILES string of the molecule is CC1CCN(C(=O)NN2CCCCC2)CC1. The van der Waals surface area contributed by atoms with Crippen LogP contribution in [0, 0.1) is 5.92 Å². The first kappa shape index (κ1) is 11.7. The zero-order chi connectivity index (χ0) is 11.4. The zero-order valence-corrected chi connectivity index (χ0v) is 10.2. The highest BCUT2D eigenvalue weighted by Crippen LogP contribution is 2.16. The highest BCUT2D eigenvalue weighted by molar-refractivity contribution is 5.73. The molecule has 0 bridgehead atoms. The van der Waals surface area contributed by atoms with Crippen molar-refractivity contribution in [1.82, 2.24) is 15.3 Å². The molecule has 92 valence electrons. The molecule has 2 aliphatic heterocycles. The van der Waals surface area contributed by atoms with Crippen molar-refractivity contribution in [2.24, 2.45) is 5.92 Å². The first-order valence-electron chi connectivity index (χ1n) is 6.56. The molecule has 2 heterocycles. The van der Waals surface area contributed by atoms with Crippen molar-refractivity contribution < 1.29 is 4.79 Å². The van der Waals surface area contributed by atoms with E-state index in [4.69, 9.17) is 0 Å². The van der Waals surface area contributed by atoms with Crippen LogP contribution in [0.5, 0.6) is 0 Å². The molecule has 0 spiro atoms. The number of rotatable bonds is 1. The van der Waals surface area contributed by atoms with Gasteiger partial charge in [0.1, 0.15) is 0 Å². The third kappa shape index (κ3) is 3.11. The molecular weight excluding hydrogens is 202 g/mol. The van der Waals surface area contributed by atoms with Gasteiger partial charge in [0.2, 0.25) is 0 Å². The maximum atomic E-state index is 11.9. The molecule has 0 aromatic carbocycles. The lowest BCUT2D eigenvalue weighted by molar-refractivity contribution is 0.119. The Morgan fingerprint density at radius 1 is 1.06 bits per heavy atom. The van der Waals surface area contributed by atoms with Crippen molar-refractivity contribution in [3.05, 3.63) is 0 Å². The van der Waals surface area contributed by atoms with Gasteiger partial charge >= 0.3 is 6.03 Å².